The Morgan fingerprint density at radius 1 is 1.47 bits per heavy atom. The third-order valence-electron chi connectivity index (χ3n) is 2.14. The van der Waals surface area contributed by atoms with Gasteiger partial charge in [-0.25, -0.2) is 0 Å². The molecule has 0 fully saturated rings. The molecule has 1 rings (SSSR count). The maximum atomic E-state index is 11.7. The highest BCUT2D eigenvalue weighted by Crippen LogP contribution is 2.25. The minimum Gasteiger partial charge on any atom is -0.395 e. The number of amides is 1. The quantitative estimate of drug-likeness (QED) is 0.770. The Balaban J connectivity index is 2.61. The zero-order valence-electron chi connectivity index (χ0n) is 9.34. The van der Waals surface area contributed by atoms with Gasteiger partial charge in [0, 0.05) is 11.6 Å². The Morgan fingerprint density at radius 3 is 2.76 bits per heavy atom. The SMILES string of the molecule is CC(NCCO)C(=O)Nc1ccc(Cl)cc1Cl. The summed E-state index contributed by atoms with van der Waals surface area (Å²) >= 11 is 11.7. The molecule has 0 aliphatic rings. The van der Waals surface area contributed by atoms with Gasteiger partial charge in [-0.15, -0.1) is 0 Å². The number of halogens is 2. The Kier molecular flexibility index (Phi) is 5.71. The van der Waals surface area contributed by atoms with Crippen LogP contribution in [-0.4, -0.2) is 30.2 Å². The zero-order chi connectivity index (χ0) is 12.8. The van der Waals surface area contributed by atoms with Crippen molar-refractivity contribution in [2.75, 3.05) is 18.5 Å². The molecular weight excluding hydrogens is 263 g/mol. The standard InChI is InChI=1S/C11H14Cl2N2O2/c1-7(14-4-5-16)11(17)15-10-3-2-8(12)6-9(10)13/h2-3,6-7,14,16H,4-5H2,1H3,(H,15,17). The second-order valence-electron chi connectivity index (χ2n) is 3.51. The monoisotopic (exact) mass is 276 g/mol. The van der Waals surface area contributed by atoms with Crippen molar-refractivity contribution in [1.29, 1.82) is 0 Å². The van der Waals surface area contributed by atoms with E-state index in [1.165, 1.54) is 0 Å². The second-order valence-corrected chi connectivity index (χ2v) is 4.36. The highest BCUT2D eigenvalue weighted by Gasteiger charge is 2.13. The maximum Gasteiger partial charge on any atom is 0.241 e. The Hall–Kier alpha value is -0.810. The summed E-state index contributed by atoms with van der Waals surface area (Å²) in [5, 5.41) is 15.1. The predicted octanol–water partition coefficient (Wildman–Crippen LogP) is 1.90. The molecule has 1 aromatic carbocycles. The molecule has 0 aliphatic heterocycles. The highest BCUT2D eigenvalue weighted by atomic mass is 35.5. The lowest BCUT2D eigenvalue weighted by Crippen LogP contribution is -2.39. The van der Waals surface area contributed by atoms with Gasteiger partial charge in [0.15, 0.2) is 0 Å². The van der Waals surface area contributed by atoms with Crippen LogP contribution >= 0.6 is 23.2 Å². The summed E-state index contributed by atoms with van der Waals surface area (Å²) in [5.41, 5.74) is 0.513. The highest BCUT2D eigenvalue weighted by molar-refractivity contribution is 6.36. The molecule has 1 atom stereocenters. The van der Waals surface area contributed by atoms with Gasteiger partial charge in [-0.2, -0.15) is 0 Å². The molecule has 1 amide bonds. The number of carbonyl (C=O) groups is 1. The van der Waals surface area contributed by atoms with Gasteiger partial charge in [0.1, 0.15) is 0 Å². The van der Waals surface area contributed by atoms with E-state index in [4.69, 9.17) is 28.3 Å². The van der Waals surface area contributed by atoms with E-state index in [-0.39, 0.29) is 12.5 Å². The van der Waals surface area contributed by atoms with Crippen molar-refractivity contribution < 1.29 is 9.90 Å². The van der Waals surface area contributed by atoms with Gasteiger partial charge in [-0.05, 0) is 25.1 Å². The molecular formula is C11H14Cl2N2O2. The van der Waals surface area contributed by atoms with E-state index in [0.29, 0.717) is 22.3 Å². The Morgan fingerprint density at radius 2 is 2.18 bits per heavy atom. The third-order valence-corrected chi connectivity index (χ3v) is 2.69. The smallest absolute Gasteiger partial charge is 0.241 e. The van der Waals surface area contributed by atoms with E-state index < -0.39 is 6.04 Å². The molecule has 0 saturated heterocycles. The maximum absolute atomic E-state index is 11.7. The number of carbonyl (C=O) groups excluding carboxylic acids is 1. The number of aliphatic hydroxyl groups excluding tert-OH is 1. The van der Waals surface area contributed by atoms with Crippen LogP contribution in [0.25, 0.3) is 0 Å². The molecule has 94 valence electrons. The lowest BCUT2D eigenvalue weighted by atomic mass is 10.2. The predicted molar refractivity (Wildman–Crippen MR) is 69.6 cm³/mol. The normalized spacial score (nSPS) is 12.2. The van der Waals surface area contributed by atoms with Crippen LogP contribution in [0.15, 0.2) is 18.2 Å². The first-order valence-corrected chi connectivity index (χ1v) is 5.90. The van der Waals surface area contributed by atoms with Crippen LogP contribution in [0, 0.1) is 0 Å². The van der Waals surface area contributed by atoms with Crippen LogP contribution in [0.3, 0.4) is 0 Å². The summed E-state index contributed by atoms with van der Waals surface area (Å²) in [4.78, 5) is 11.7. The van der Waals surface area contributed by atoms with Crippen molar-refractivity contribution in [2.24, 2.45) is 0 Å². The second kappa shape index (κ2) is 6.81. The molecule has 3 N–H and O–H groups in total. The molecule has 1 unspecified atom stereocenters. The van der Waals surface area contributed by atoms with E-state index in [1.54, 1.807) is 25.1 Å². The van der Waals surface area contributed by atoms with Crippen LogP contribution < -0.4 is 10.6 Å². The van der Waals surface area contributed by atoms with Crippen molar-refractivity contribution in [3.63, 3.8) is 0 Å². The lowest BCUT2D eigenvalue weighted by molar-refractivity contribution is -0.117. The van der Waals surface area contributed by atoms with E-state index in [9.17, 15) is 4.79 Å². The minimum absolute atomic E-state index is 0.0146. The van der Waals surface area contributed by atoms with Crippen molar-refractivity contribution in [3.05, 3.63) is 28.2 Å². The summed E-state index contributed by atoms with van der Waals surface area (Å²) in [7, 11) is 0. The first kappa shape index (κ1) is 14.3. The summed E-state index contributed by atoms with van der Waals surface area (Å²) in [6, 6.07) is 4.44. The Labute approximate surface area is 110 Å². The number of hydrogen-bond donors (Lipinski definition) is 3. The van der Waals surface area contributed by atoms with Crippen LogP contribution in [0.2, 0.25) is 10.0 Å². The Bertz CT molecular complexity index is 399. The topological polar surface area (TPSA) is 61.4 Å². The fourth-order valence-corrected chi connectivity index (χ4v) is 1.66. The third kappa shape index (κ3) is 4.52. The van der Waals surface area contributed by atoms with Gasteiger partial charge in [-0.1, -0.05) is 23.2 Å². The summed E-state index contributed by atoms with van der Waals surface area (Å²) < 4.78 is 0. The van der Waals surface area contributed by atoms with E-state index >= 15 is 0 Å². The summed E-state index contributed by atoms with van der Waals surface area (Å²) in [6.07, 6.45) is 0. The van der Waals surface area contributed by atoms with Crippen LogP contribution in [-0.2, 0) is 4.79 Å². The van der Waals surface area contributed by atoms with Crippen molar-refractivity contribution >= 4 is 34.8 Å². The molecule has 0 aliphatic carbocycles. The summed E-state index contributed by atoms with van der Waals surface area (Å²) in [5.74, 6) is -0.220. The molecule has 0 aromatic heterocycles. The van der Waals surface area contributed by atoms with E-state index in [1.807, 2.05) is 0 Å². The molecule has 6 heteroatoms. The number of benzene rings is 1. The summed E-state index contributed by atoms with van der Waals surface area (Å²) in [6.45, 7) is 2.05. The molecule has 0 saturated carbocycles. The number of aliphatic hydroxyl groups is 1. The van der Waals surface area contributed by atoms with Gasteiger partial charge in [0.25, 0.3) is 0 Å². The average molecular weight is 277 g/mol. The average Bonchev–Trinajstić information content (AvgIpc) is 2.29. The fourth-order valence-electron chi connectivity index (χ4n) is 1.21. The van der Waals surface area contributed by atoms with Crippen LogP contribution in [0.1, 0.15) is 6.92 Å². The molecule has 0 spiro atoms. The zero-order valence-corrected chi connectivity index (χ0v) is 10.8. The largest absolute Gasteiger partial charge is 0.395 e. The van der Waals surface area contributed by atoms with Crippen LogP contribution in [0.4, 0.5) is 5.69 Å². The fraction of sp³-hybridized carbons (Fsp3) is 0.364. The van der Waals surface area contributed by atoms with Gasteiger partial charge >= 0.3 is 0 Å². The van der Waals surface area contributed by atoms with E-state index in [2.05, 4.69) is 10.6 Å². The molecule has 4 nitrogen and oxygen atoms in total. The number of nitrogens with one attached hydrogen (secondary N) is 2. The van der Waals surface area contributed by atoms with Crippen molar-refractivity contribution in [1.82, 2.24) is 5.32 Å². The van der Waals surface area contributed by atoms with E-state index in [0.717, 1.165) is 0 Å². The van der Waals surface area contributed by atoms with Gasteiger partial charge in [0.2, 0.25) is 5.91 Å². The van der Waals surface area contributed by atoms with Gasteiger partial charge < -0.3 is 15.7 Å². The first-order valence-electron chi connectivity index (χ1n) is 5.14. The lowest BCUT2D eigenvalue weighted by Gasteiger charge is -2.14. The van der Waals surface area contributed by atoms with Crippen LogP contribution in [0.5, 0.6) is 0 Å². The van der Waals surface area contributed by atoms with Gasteiger partial charge in [-0.3, -0.25) is 4.79 Å². The number of anilines is 1. The van der Waals surface area contributed by atoms with Crippen molar-refractivity contribution in [3.8, 4) is 0 Å². The molecule has 0 bridgehead atoms. The molecule has 0 heterocycles. The molecule has 17 heavy (non-hydrogen) atoms. The van der Waals surface area contributed by atoms with Crippen molar-refractivity contribution in [2.45, 2.75) is 13.0 Å². The molecule has 0 radical (unpaired) electrons. The van der Waals surface area contributed by atoms with Gasteiger partial charge in [0.05, 0.1) is 23.4 Å². The minimum atomic E-state index is -0.408. The number of hydrogen-bond acceptors (Lipinski definition) is 3. The number of rotatable bonds is 5. The molecule has 1 aromatic rings. The first-order chi connectivity index (χ1) is 8.04.